The van der Waals surface area contributed by atoms with Gasteiger partial charge in [-0.3, -0.25) is 9.69 Å². The first-order chi connectivity index (χ1) is 16.5. The molecule has 7 heteroatoms. The zero-order valence-electron chi connectivity index (χ0n) is 18.1. The molecule has 0 saturated carbocycles. The number of hydrogen-bond acceptors (Lipinski definition) is 5. The molecule has 5 nitrogen and oxygen atoms in total. The highest BCUT2D eigenvalue weighted by molar-refractivity contribution is 9.10. The molecule has 0 fully saturated rings. The van der Waals surface area contributed by atoms with Crippen LogP contribution in [0.4, 0.5) is 5.82 Å². The second kappa shape index (κ2) is 9.21. The number of halogens is 2. The predicted octanol–water partition coefficient (Wildman–Crippen LogP) is 6.31. The van der Waals surface area contributed by atoms with E-state index in [4.69, 9.17) is 5.73 Å². The molecule has 1 aliphatic carbocycles. The molecule has 2 heterocycles. The fourth-order valence-electron chi connectivity index (χ4n) is 4.84. The average Bonchev–Trinajstić information content (AvgIpc) is 2.85. The lowest BCUT2D eigenvalue weighted by atomic mass is 9.72. The molecular formula is C27H20Br2N4O. The Labute approximate surface area is 214 Å². The van der Waals surface area contributed by atoms with E-state index in [0.29, 0.717) is 35.6 Å². The minimum Gasteiger partial charge on any atom is -0.384 e. The van der Waals surface area contributed by atoms with Crippen LogP contribution in [0.2, 0.25) is 0 Å². The number of carbonyl (C=O) groups is 1. The molecule has 1 aliphatic heterocycles. The Hall–Kier alpha value is -3.21. The normalized spacial score (nSPS) is 20.3. The van der Waals surface area contributed by atoms with Gasteiger partial charge >= 0.3 is 0 Å². The second-order valence-electron chi connectivity index (χ2n) is 8.36. The van der Waals surface area contributed by atoms with E-state index >= 15 is 0 Å². The number of carbonyl (C=O) groups excluding carboxylic acids is 1. The first-order valence-corrected chi connectivity index (χ1v) is 12.4. The zero-order chi connectivity index (χ0) is 23.8. The molecule has 2 unspecified atom stereocenters. The summed E-state index contributed by atoms with van der Waals surface area (Å²) in [7, 11) is 0. The first-order valence-electron chi connectivity index (χ1n) is 10.9. The molecule has 0 bridgehead atoms. The van der Waals surface area contributed by atoms with Gasteiger partial charge in [0.1, 0.15) is 11.6 Å². The fourth-order valence-corrected chi connectivity index (χ4v) is 5.34. The van der Waals surface area contributed by atoms with Gasteiger partial charge in [-0.05, 0) is 63.7 Å². The van der Waals surface area contributed by atoms with Crippen LogP contribution in [0.1, 0.15) is 35.8 Å². The third kappa shape index (κ3) is 3.97. The van der Waals surface area contributed by atoms with Gasteiger partial charge in [0.05, 0.1) is 17.6 Å². The molecule has 0 amide bonds. The number of Topliss-reactive ketones (excluding diaryl/α,β-unsaturated/α-hetero) is 1. The van der Waals surface area contributed by atoms with Crippen LogP contribution >= 0.6 is 31.9 Å². The molecule has 0 radical (unpaired) electrons. The number of pyridine rings is 1. The number of hydrogen-bond donors (Lipinski definition) is 1. The van der Waals surface area contributed by atoms with Crippen molar-refractivity contribution >= 4 is 43.5 Å². The van der Waals surface area contributed by atoms with E-state index in [9.17, 15) is 10.1 Å². The van der Waals surface area contributed by atoms with Crippen LogP contribution in [0, 0.1) is 11.3 Å². The van der Waals surface area contributed by atoms with Gasteiger partial charge in [-0.25, -0.2) is 4.98 Å². The van der Waals surface area contributed by atoms with Gasteiger partial charge in [-0.1, -0.05) is 58.4 Å². The summed E-state index contributed by atoms with van der Waals surface area (Å²) in [4.78, 5) is 20.1. The molecule has 34 heavy (non-hydrogen) atoms. The van der Waals surface area contributed by atoms with Crippen LogP contribution in [0.15, 0.2) is 105 Å². The van der Waals surface area contributed by atoms with Crippen LogP contribution in [-0.2, 0) is 4.79 Å². The van der Waals surface area contributed by atoms with Crippen molar-refractivity contribution in [2.45, 2.75) is 24.7 Å². The number of ketones is 1. The molecule has 5 rings (SSSR count). The van der Waals surface area contributed by atoms with Gasteiger partial charge in [0.15, 0.2) is 5.78 Å². The second-order valence-corrected chi connectivity index (χ2v) is 10.2. The Morgan fingerprint density at radius 1 is 0.941 bits per heavy atom. The molecule has 168 valence electrons. The van der Waals surface area contributed by atoms with Gasteiger partial charge in [0, 0.05) is 32.8 Å². The minimum atomic E-state index is -0.510. The van der Waals surface area contributed by atoms with Gasteiger partial charge in [-0.15, -0.1) is 0 Å². The number of benzene rings is 2. The fraction of sp³-hybridized carbons (Fsp3) is 0.148. The molecule has 2 aromatic carbocycles. The number of nitriles is 1. The summed E-state index contributed by atoms with van der Waals surface area (Å²) < 4.78 is 1.76. The van der Waals surface area contributed by atoms with Crippen molar-refractivity contribution in [2.24, 2.45) is 5.73 Å². The average molecular weight is 576 g/mol. The van der Waals surface area contributed by atoms with E-state index in [2.05, 4.69) is 55.0 Å². The van der Waals surface area contributed by atoms with Crippen molar-refractivity contribution in [3.05, 3.63) is 116 Å². The molecule has 2 atom stereocenters. The Morgan fingerprint density at radius 2 is 1.65 bits per heavy atom. The molecule has 3 aromatic rings. The Morgan fingerprint density at radius 3 is 2.29 bits per heavy atom. The van der Waals surface area contributed by atoms with E-state index in [0.717, 1.165) is 25.8 Å². The molecule has 0 saturated heterocycles. The van der Waals surface area contributed by atoms with Crippen molar-refractivity contribution in [3.63, 3.8) is 0 Å². The maximum Gasteiger partial charge on any atom is 0.162 e. The maximum absolute atomic E-state index is 13.8. The predicted molar refractivity (Wildman–Crippen MR) is 139 cm³/mol. The lowest BCUT2D eigenvalue weighted by molar-refractivity contribution is -0.116. The van der Waals surface area contributed by atoms with E-state index in [1.165, 1.54) is 0 Å². The molecule has 2 aliphatic rings. The van der Waals surface area contributed by atoms with E-state index in [1.54, 1.807) is 11.1 Å². The standard InChI is InChI=1S/C27H20Br2N4O/c28-19-8-6-17(7-9-19)25-21(14-30)27(31)33(24-11-10-20(29)15-32-24)22-12-18(13-23(34)26(22)25)16-4-2-1-3-5-16/h1-11,15,18,25H,12-13,31H2. The van der Waals surface area contributed by atoms with Crippen molar-refractivity contribution in [1.29, 1.82) is 5.26 Å². The van der Waals surface area contributed by atoms with Gasteiger partial charge in [-0.2, -0.15) is 5.26 Å². The van der Waals surface area contributed by atoms with Gasteiger partial charge in [0.25, 0.3) is 0 Å². The summed E-state index contributed by atoms with van der Waals surface area (Å²) in [5.74, 6) is 0.434. The molecule has 0 spiro atoms. The summed E-state index contributed by atoms with van der Waals surface area (Å²) >= 11 is 6.90. The lowest BCUT2D eigenvalue weighted by Crippen LogP contribution is -2.40. The van der Waals surface area contributed by atoms with E-state index in [1.807, 2.05) is 54.6 Å². The monoisotopic (exact) mass is 574 g/mol. The van der Waals surface area contributed by atoms with E-state index < -0.39 is 5.92 Å². The van der Waals surface area contributed by atoms with Crippen molar-refractivity contribution in [3.8, 4) is 6.07 Å². The largest absolute Gasteiger partial charge is 0.384 e. The number of allylic oxidation sites excluding steroid dienone is 3. The zero-order valence-corrected chi connectivity index (χ0v) is 21.3. The number of aromatic nitrogens is 1. The van der Waals surface area contributed by atoms with Crippen molar-refractivity contribution < 1.29 is 4.79 Å². The first kappa shape index (κ1) is 22.6. The summed E-state index contributed by atoms with van der Waals surface area (Å²) in [6, 6.07) is 23.8. The minimum absolute atomic E-state index is 0.0207. The summed E-state index contributed by atoms with van der Waals surface area (Å²) in [6.45, 7) is 0. The van der Waals surface area contributed by atoms with Crippen molar-refractivity contribution in [1.82, 2.24) is 4.98 Å². The summed E-state index contributed by atoms with van der Waals surface area (Å²) in [6.07, 6.45) is 2.69. The highest BCUT2D eigenvalue weighted by atomic mass is 79.9. The van der Waals surface area contributed by atoms with Crippen LogP contribution in [0.25, 0.3) is 0 Å². The third-order valence-electron chi connectivity index (χ3n) is 6.38. The summed E-state index contributed by atoms with van der Waals surface area (Å²) in [5, 5.41) is 10.2. The number of nitrogens with zero attached hydrogens (tertiary/aromatic N) is 3. The number of rotatable bonds is 3. The SMILES string of the molecule is N#CC1=C(N)N(c2ccc(Br)cn2)C2=C(C(=O)CC(c3ccccc3)C2)C1c1ccc(Br)cc1. The molecule has 2 N–H and O–H groups in total. The highest BCUT2D eigenvalue weighted by Gasteiger charge is 2.43. The van der Waals surface area contributed by atoms with Crippen LogP contribution < -0.4 is 10.6 Å². The molecule has 1 aromatic heterocycles. The Bertz CT molecular complexity index is 1360. The molecular weight excluding hydrogens is 556 g/mol. The Balaban J connectivity index is 1.72. The topological polar surface area (TPSA) is 83.0 Å². The van der Waals surface area contributed by atoms with Gasteiger partial charge < -0.3 is 5.73 Å². The summed E-state index contributed by atoms with van der Waals surface area (Å²) in [5.41, 5.74) is 10.4. The van der Waals surface area contributed by atoms with Gasteiger partial charge in [0.2, 0.25) is 0 Å². The Kier molecular flexibility index (Phi) is 6.11. The smallest absolute Gasteiger partial charge is 0.162 e. The van der Waals surface area contributed by atoms with Crippen LogP contribution in [-0.4, -0.2) is 10.8 Å². The van der Waals surface area contributed by atoms with Crippen molar-refractivity contribution in [2.75, 3.05) is 4.90 Å². The maximum atomic E-state index is 13.8. The number of nitrogens with two attached hydrogens (primary N) is 1. The quantitative estimate of drug-likeness (QED) is 0.396. The highest BCUT2D eigenvalue weighted by Crippen LogP contribution is 2.48. The van der Waals surface area contributed by atoms with E-state index in [-0.39, 0.29) is 11.7 Å². The number of anilines is 1. The third-order valence-corrected chi connectivity index (χ3v) is 7.38. The lowest BCUT2D eigenvalue weighted by Gasteiger charge is -2.41. The van der Waals surface area contributed by atoms with Crippen LogP contribution in [0.3, 0.4) is 0 Å². The van der Waals surface area contributed by atoms with Crippen LogP contribution in [0.5, 0.6) is 0 Å².